The zero-order valence-corrected chi connectivity index (χ0v) is 17.1. The lowest BCUT2D eigenvalue weighted by molar-refractivity contribution is 0.00635. The molecular weight excluding hydrogens is 346 g/mol. The molecule has 0 amide bonds. The maximum atomic E-state index is 12.2. The van der Waals surface area contributed by atoms with E-state index < -0.39 is 5.60 Å². The van der Waals surface area contributed by atoms with E-state index in [1.54, 1.807) is 0 Å². The molecule has 1 aliphatic heterocycles. The summed E-state index contributed by atoms with van der Waals surface area (Å²) in [6.45, 7) is 7.29. The molecule has 2 aromatic rings. The van der Waals surface area contributed by atoms with Gasteiger partial charge in [-0.15, -0.1) is 0 Å². The van der Waals surface area contributed by atoms with Crippen LogP contribution in [0.2, 0.25) is 0 Å². The molecule has 2 aliphatic rings. The van der Waals surface area contributed by atoms with Crippen LogP contribution in [0.4, 0.5) is 0 Å². The van der Waals surface area contributed by atoms with Crippen LogP contribution in [0.3, 0.4) is 0 Å². The van der Waals surface area contributed by atoms with Crippen molar-refractivity contribution in [3.8, 4) is 0 Å². The standard InChI is InChI=1S/C25H31NO2/c1-24(2,3)22-17-28-23(26-22)20-15-10-16-21(20)25(27,18-11-6-4-7-12-18)19-13-8-5-9-14-19/h4-9,11-14,20-22,27H,10,15-17H2,1-3H3/t20-,21?,22?/m1/s1. The summed E-state index contributed by atoms with van der Waals surface area (Å²) in [4.78, 5) is 4.98. The van der Waals surface area contributed by atoms with Gasteiger partial charge in [0.1, 0.15) is 12.2 Å². The molecule has 2 aromatic carbocycles. The van der Waals surface area contributed by atoms with Crippen LogP contribution in [-0.2, 0) is 10.3 Å². The monoisotopic (exact) mass is 377 g/mol. The minimum absolute atomic E-state index is 0.0507. The average Bonchev–Trinajstić information content (AvgIpc) is 3.38. The number of hydrogen-bond donors (Lipinski definition) is 1. The number of aliphatic imine (C=N–C) groups is 1. The van der Waals surface area contributed by atoms with Crippen molar-refractivity contribution >= 4 is 5.90 Å². The van der Waals surface area contributed by atoms with Gasteiger partial charge >= 0.3 is 0 Å². The molecule has 1 N–H and O–H groups in total. The molecular formula is C25H31NO2. The van der Waals surface area contributed by atoms with E-state index in [9.17, 15) is 5.11 Å². The third-order valence-corrected chi connectivity index (χ3v) is 6.47. The summed E-state index contributed by atoms with van der Waals surface area (Å²) in [6, 6.07) is 20.4. The quantitative estimate of drug-likeness (QED) is 0.797. The minimum Gasteiger partial charge on any atom is -0.478 e. The van der Waals surface area contributed by atoms with Gasteiger partial charge in [0.05, 0.1) is 6.04 Å². The highest BCUT2D eigenvalue weighted by Crippen LogP contribution is 2.49. The van der Waals surface area contributed by atoms with Crippen LogP contribution in [0.25, 0.3) is 0 Å². The summed E-state index contributed by atoms with van der Waals surface area (Å²) in [5.74, 6) is 1.06. The predicted octanol–water partition coefficient (Wildman–Crippen LogP) is 5.18. The van der Waals surface area contributed by atoms with Crippen molar-refractivity contribution in [3.63, 3.8) is 0 Å². The van der Waals surface area contributed by atoms with E-state index in [2.05, 4.69) is 20.8 Å². The van der Waals surface area contributed by atoms with E-state index >= 15 is 0 Å². The SMILES string of the molecule is CC(C)(C)C1COC([C@@H]2CCCC2C(O)(c2ccccc2)c2ccccc2)=N1. The first-order valence-corrected chi connectivity index (χ1v) is 10.4. The molecule has 28 heavy (non-hydrogen) atoms. The van der Waals surface area contributed by atoms with Crippen LogP contribution in [0.1, 0.15) is 51.2 Å². The van der Waals surface area contributed by atoms with Crippen molar-refractivity contribution < 1.29 is 9.84 Å². The predicted molar refractivity (Wildman–Crippen MR) is 113 cm³/mol. The number of benzene rings is 2. The van der Waals surface area contributed by atoms with Crippen LogP contribution in [0, 0.1) is 17.3 Å². The lowest BCUT2D eigenvalue weighted by Crippen LogP contribution is -2.40. The Bertz CT molecular complexity index is 783. The molecule has 1 fully saturated rings. The second kappa shape index (κ2) is 7.36. The summed E-state index contributed by atoms with van der Waals surface area (Å²) < 4.78 is 6.11. The fourth-order valence-corrected chi connectivity index (χ4v) is 4.77. The molecule has 0 saturated heterocycles. The van der Waals surface area contributed by atoms with E-state index in [0.717, 1.165) is 36.3 Å². The van der Waals surface area contributed by atoms with Gasteiger partial charge in [0.2, 0.25) is 0 Å². The van der Waals surface area contributed by atoms with Gasteiger partial charge in [0.25, 0.3) is 0 Å². The number of aliphatic hydroxyl groups is 1. The van der Waals surface area contributed by atoms with Gasteiger partial charge in [0.15, 0.2) is 5.90 Å². The molecule has 0 spiro atoms. The number of ether oxygens (including phenoxy) is 1. The van der Waals surface area contributed by atoms with Crippen molar-refractivity contribution in [2.45, 2.75) is 51.7 Å². The highest BCUT2D eigenvalue weighted by Gasteiger charge is 2.49. The average molecular weight is 378 g/mol. The number of hydrogen-bond acceptors (Lipinski definition) is 3. The highest BCUT2D eigenvalue weighted by atomic mass is 16.5. The highest BCUT2D eigenvalue weighted by molar-refractivity contribution is 5.81. The molecule has 3 heteroatoms. The number of rotatable bonds is 4. The summed E-state index contributed by atoms with van der Waals surface area (Å²) >= 11 is 0. The molecule has 0 bridgehead atoms. The van der Waals surface area contributed by atoms with Crippen molar-refractivity contribution in [1.82, 2.24) is 0 Å². The maximum Gasteiger partial charge on any atom is 0.187 e. The van der Waals surface area contributed by atoms with Crippen LogP contribution in [0.5, 0.6) is 0 Å². The van der Waals surface area contributed by atoms with Gasteiger partial charge in [-0.1, -0.05) is 87.9 Å². The van der Waals surface area contributed by atoms with E-state index in [1.807, 2.05) is 60.7 Å². The van der Waals surface area contributed by atoms with E-state index in [-0.39, 0.29) is 23.3 Å². The molecule has 0 radical (unpaired) electrons. The second-order valence-corrected chi connectivity index (χ2v) is 9.30. The van der Waals surface area contributed by atoms with Gasteiger partial charge in [-0.3, -0.25) is 0 Å². The fraction of sp³-hybridized carbons (Fsp3) is 0.480. The molecule has 1 heterocycles. The van der Waals surface area contributed by atoms with Crippen LogP contribution >= 0.6 is 0 Å². The van der Waals surface area contributed by atoms with Gasteiger partial charge in [-0.25, -0.2) is 4.99 Å². The zero-order valence-electron chi connectivity index (χ0n) is 17.1. The Kier molecular flexibility index (Phi) is 5.05. The third kappa shape index (κ3) is 3.37. The smallest absolute Gasteiger partial charge is 0.187 e. The Morgan fingerprint density at radius 3 is 1.96 bits per heavy atom. The zero-order chi connectivity index (χ0) is 19.8. The summed E-state index contributed by atoms with van der Waals surface area (Å²) in [5, 5.41) is 12.2. The molecule has 3 atom stereocenters. The van der Waals surface area contributed by atoms with Crippen LogP contribution in [0.15, 0.2) is 65.7 Å². The Labute approximate surface area is 168 Å². The lowest BCUT2D eigenvalue weighted by atomic mass is 9.71. The van der Waals surface area contributed by atoms with Gasteiger partial charge in [-0.2, -0.15) is 0 Å². The Hall–Kier alpha value is -2.13. The fourth-order valence-electron chi connectivity index (χ4n) is 4.77. The molecule has 0 aromatic heterocycles. The molecule has 1 aliphatic carbocycles. The van der Waals surface area contributed by atoms with Crippen molar-refractivity contribution in [3.05, 3.63) is 71.8 Å². The molecule has 3 nitrogen and oxygen atoms in total. The Morgan fingerprint density at radius 1 is 0.893 bits per heavy atom. The van der Waals surface area contributed by atoms with Crippen molar-refractivity contribution in [1.29, 1.82) is 0 Å². The van der Waals surface area contributed by atoms with Gasteiger partial charge in [-0.05, 0) is 29.4 Å². The second-order valence-electron chi connectivity index (χ2n) is 9.30. The lowest BCUT2D eigenvalue weighted by Gasteiger charge is -2.38. The van der Waals surface area contributed by atoms with E-state index in [0.29, 0.717) is 6.61 Å². The largest absolute Gasteiger partial charge is 0.478 e. The summed E-state index contributed by atoms with van der Waals surface area (Å²) in [7, 11) is 0. The van der Waals surface area contributed by atoms with Gasteiger partial charge < -0.3 is 9.84 Å². The van der Waals surface area contributed by atoms with E-state index in [1.165, 1.54) is 0 Å². The molecule has 2 unspecified atom stereocenters. The van der Waals surface area contributed by atoms with Crippen molar-refractivity contribution in [2.75, 3.05) is 6.61 Å². The van der Waals surface area contributed by atoms with E-state index in [4.69, 9.17) is 9.73 Å². The first kappa shape index (κ1) is 19.2. The topological polar surface area (TPSA) is 41.8 Å². The Balaban J connectivity index is 1.75. The molecule has 4 rings (SSSR count). The molecule has 1 saturated carbocycles. The first-order valence-electron chi connectivity index (χ1n) is 10.4. The Morgan fingerprint density at radius 2 is 1.46 bits per heavy atom. The van der Waals surface area contributed by atoms with Crippen molar-refractivity contribution in [2.24, 2.45) is 22.2 Å². The van der Waals surface area contributed by atoms with Gasteiger partial charge in [0, 0.05) is 11.8 Å². The first-order chi connectivity index (χ1) is 13.4. The van der Waals surface area contributed by atoms with Crippen LogP contribution in [-0.4, -0.2) is 23.7 Å². The maximum absolute atomic E-state index is 12.2. The molecule has 148 valence electrons. The minimum atomic E-state index is -1.05. The number of nitrogens with zero attached hydrogens (tertiary/aromatic N) is 1. The van der Waals surface area contributed by atoms with Crippen LogP contribution < -0.4 is 0 Å². The summed E-state index contributed by atoms with van der Waals surface area (Å²) in [6.07, 6.45) is 3.07. The third-order valence-electron chi connectivity index (χ3n) is 6.47. The normalized spacial score (nSPS) is 25.4. The summed E-state index contributed by atoms with van der Waals surface area (Å²) in [5.41, 5.74) is 0.938.